The summed E-state index contributed by atoms with van der Waals surface area (Å²) in [4.78, 5) is 10.6. The molecule has 0 aliphatic carbocycles. The molecule has 0 bridgehead atoms. The zero-order valence-electron chi connectivity index (χ0n) is 9.56. The number of carbonyl (C=O) groups is 1. The summed E-state index contributed by atoms with van der Waals surface area (Å²) in [5, 5.41) is 19.2. The van der Waals surface area contributed by atoms with Gasteiger partial charge in [0.15, 0.2) is 11.6 Å². The van der Waals surface area contributed by atoms with E-state index in [1.807, 2.05) is 0 Å². The minimum atomic E-state index is -1.61. The number of ether oxygens (including phenoxy) is 1. The Labute approximate surface area is 102 Å². The first-order valence-electron chi connectivity index (χ1n) is 5.04. The predicted octanol–water partition coefficient (Wildman–Crippen LogP) is 0.243. The fraction of sp³-hybridized carbons (Fsp3) is 0.364. The first-order valence-corrected chi connectivity index (χ1v) is 5.04. The molecule has 7 heteroatoms. The van der Waals surface area contributed by atoms with Crippen LogP contribution in [0.25, 0.3) is 0 Å². The third-order valence-electron chi connectivity index (χ3n) is 2.37. The Morgan fingerprint density at radius 3 is 2.44 bits per heavy atom. The van der Waals surface area contributed by atoms with Crippen LogP contribution < -0.4 is 10.5 Å². The molecule has 0 aromatic heterocycles. The summed E-state index contributed by atoms with van der Waals surface area (Å²) >= 11 is 0. The number of rotatable bonds is 5. The maximum atomic E-state index is 13.1. The highest BCUT2D eigenvalue weighted by molar-refractivity contribution is 5.74. The lowest BCUT2D eigenvalue weighted by Crippen LogP contribution is -2.26. The number of primary amides is 1. The van der Waals surface area contributed by atoms with E-state index in [-0.39, 0.29) is 11.3 Å². The summed E-state index contributed by atoms with van der Waals surface area (Å²) in [7, 11) is 1.20. The highest BCUT2D eigenvalue weighted by atomic mass is 19.2. The third-order valence-corrected chi connectivity index (χ3v) is 2.37. The van der Waals surface area contributed by atoms with Crippen molar-refractivity contribution in [2.24, 2.45) is 5.73 Å². The van der Waals surface area contributed by atoms with Gasteiger partial charge in [0.05, 0.1) is 19.6 Å². The first kappa shape index (κ1) is 14.3. The quantitative estimate of drug-likeness (QED) is 0.708. The van der Waals surface area contributed by atoms with Crippen molar-refractivity contribution < 1.29 is 28.5 Å². The molecule has 2 unspecified atom stereocenters. The predicted molar refractivity (Wildman–Crippen MR) is 57.7 cm³/mol. The lowest BCUT2D eigenvalue weighted by atomic mass is 10.0. The van der Waals surface area contributed by atoms with Crippen molar-refractivity contribution in [3.8, 4) is 5.75 Å². The van der Waals surface area contributed by atoms with Gasteiger partial charge >= 0.3 is 0 Å². The molecule has 2 atom stereocenters. The van der Waals surface area contributed by atoms with Crippen molar-refractivity contribution in [2.45, 2.75) is 18.6 Å². The monoisotopic (exact) mass is 261 g/mol. The Bertz CT molecular complexity index is 453. The number of hydrogen-bond donors (Lipinski definition) is 3. The number of aliphatic hydroxyl groups excluding tert-OH is 2. The normalized spacial score (nSPS) is 14.1. The van der Waals surface area contributed by atoms with Crippen LogP contribution in [0.4, 0.5) is 8.78 Å². The van der Waals surface area contributed by atoms with Gasteiger partial charge in [-0.25, -0.2) is 8.78 Å². The molecule has 0 fully saturated rings. The second-order valence-corrected chi connectivity index (χ2v) is 3.69. The minimum Gasteiger partial charge on any atom is -0.496 e. The van der Waals surface area contributed by atoms with Crippen LogP contribution in [0, 0.1) is 11.6 Å². The maximum Gasteiger partial charge on any atom is 0.220 e. The van der Waals surface area contributed by atoms with E-state index in [9.17, 15) is 23.8 Å². The molecule has 1 aromatic rings. The molecule has 0 aliphatic heterocycles. The number of aliphatic hydroxyl groups is 2. The standard InChI is InChI=1S/C11H13F2NO4/c1-18-9-3-7(13)6(12)2-5(9)11(17)8(15)4-10(14)16/h2-3,8,11,15,17H,4H2,1H3,(H2,14,16). The van der Waals surface area contributed by atoms with Crippen LogP contribution in [0.2, 0.25) is 0 Å². The van der Waals surface area contributed by atoms with Gasteiger partial charge in [0.25, 0.3) is 0 Å². The van der Waals surface area contributed by atoms with Crippen LogP contribution in [0.3, 0.4) is 0 Å². The fourth-order valence-corrected chi connectivity index (χ4v) is 1.48. The second-order valence-electron chi connectivity index (χ2n) is 3.69. The van der Waals surface area contributed by atoms with Gasteiger partial charge in [-0.05, 0) is 6.07 Å². The molecule has 100 valence electrons. The van der Waals surface area contributed by atoms with Crippen LogP contribution >= 0.6 is 0 Å². The number of carbonyl (C=O) groups excluding carboxylic acids is 1. The molecule has 0 radical (unpaired) electrons. The van der Waals surface area contributed by atoms with Crippen LogP contribution in [0.5, 0.6) is 5.75 Å². The van der Waals surface area contributed by atoms with Gasteiger partial charge in [0, 0.05) is 11.6 Å². The van der Waals surface area contributed by atoms with Gasteiger partial charge in [-0.15, -0.1) is 0 Å². The molecule has 0 saturated carbocycles. The molecule has 1 aromatic carbocycles. The summed E-state index contributed by atoms with van der Waals surface area (Å²) < 4.78 is 30.8. The number of nitrogens with two attached hydrogens (primary N) is 1. The third kappa shape index (κ3) is 3.14. The maximum absolute atomic E-state index is 13.1. The SMILES string of the molecule is COc1cc(F)c(F)cc1C(O)C(O)CC(N)=O. The smallest absolute Gasteiger partial charge is 0.220 e. The Kier molecular flexibility index (Phi) is 4.57. The molecular weight excluding hydrogens is 248 g/mol. The molecule has 18 heavy (non-hydrogen) atoms. The largest absolute Gasteiger partial charge is 0.496 e. The van der Waals surface area contributed by atoms with E-state index in [0.717, 1.165) is 6.07 Å². The van der Waals surface area contributed by atoms with E-state index in [2.05, 4.69) is 0 Å². The summed E-state index contributed by atoms with van der Waals surface area (Å²) in [6.45, 7) is 0. The molecule has 0 heterocycles. The molecule has 0 saturated heterocycles. The Balaban J connectivity index is 3.07. The van der Waals surface area contributed by atoms with Crippen molar-refractivity contribution in [1.29, 1.82) is 0 Å². The van der Waals surface area contributed by atoms with Gasteiger partial charge in [0.2, 0.25) is 5.91 Å². The lowest BCUT2D eigenvalue weighted by Gasteiger charge is -2.19. The second kappa shape index (κ2) is 5.74. The minimum absolute atomic E-state index is 0.134. The molecular formula is C11H13F2NO4. The van der Waals surface area contributed by atoms with Gasteiger partial charge < -0.3 is 20.7 Å². The molecule has 0 aliphatic rings. The van der Waals surface area contributed by atoms with E-state index in [4.69, 9.17) is 10.5 Å². The lowest BCUT2D eigenvalue weighted by molar-refractivity contribution is -0.121. The zero-order valence-corrected chi connectivity index (χ0v) is 9.56. The van der Waals surface area contributed by atoms with Crippen LogP contribution in [-0.2, 0) is 4.79 Å². The Morgan fingerprint density at radius 2 is 1.94 bits per heavy atom. The molecule has 5 nitrogen and oxygen atoms in total. The number of halogens is 2. The van der Waals surface area contributed by atoms with Crippen molar-refractivity contribution in [2.75, 3.05) is 7.11 Å². The van der Waals surface area contributed by atoms with E-state index in [1.54, 1.807) is 0 Å². The highest BCUT2D eigenvalue weighted by Gasteiger charge is 2.25. The van der Waals surface area contributed by atoms with E-state index >= 15 is 0 Å². The van der Waals surface area contributed by atoms with E-state index in [0.29, 0.717) is 6.07 Å². The summed E-state index contributed by atoms with van der Waals surface area (Å²) in [5.74, 6) is -3.31. The average molecular weight is 261 g/mol. The van der Waals surface area contributed by atoms with E-state index in [1.165, 1.54) is 7.11 Å². The number of amides is 1. The molecule has 1 rings (SSSR count). The molecule has 0 spiro atoms. The van der Waals surface area contributed by atoms with Crippen LogP contribution in [-0.4, -0.2) is 29.3 Å². The summed E-state index contributed by atoms with van der Waals surface area (Å²) in [6, 6.07) is 1.44. The number of methoxy groups -OCH3 is 1. The van der Waals surface area contributed by atoms with Crippen molar-refractivity contribution >= 4 is 5.91 Å². The summed E-state index contributed by atoms with van der Waals surface area (Å²) in [5.41, 5.74) is 4.70. The van der Waals surface area contributed by atoms with E-state index < -0.39 is 36.2 Å². The number of hydrogen-bond acceptors (Lipinski definition) is 4. The van der Waals surface area contributed by atoms with Gasteiger partial charge in [-0.2, -0.15) is 0 Å². The Morgan fingerprint density at radius 1 is 1.39 bits per heavy atom. The van der Waals surface area contributed by atoms with Crippen LogP contribution in [0.1, 0.15) is 18.1 Å². The topological polar surface area (TPSA) is 92.8 Å². The summed E-state index contributed by atoms with van der Waals surface area (Å²) in [6.07, 6.45) is -3.65. The van der Waals surface area contributed by atoms with Crippen LogP contribution in [0.15, 0.2) is 12.1 Å². The fourth-order valence-electron chi connectivity index (χ4n) is 1.48. The average Bonchev–Trinajstić information content (AvgIpc) is 2.30. The first-order chi connectivity index (χ1) is 8.36. The highest BCUT2D eigenvalue weighted by Crippen LogP contribution is 2.30. The Hall–Kier alpha value is -1.73. The van der Waals surface area contributed by atoms with Gasteiger partial charge in [-0.3, -0.25) is 4.79 Å². The van der Waals surface area contributed by atoms with Crippen molar-refractivity contribution in [3.05, 3.63) is 29.3 Å². The number of benzene rings is 1. The van der Waals surface area contributed by atoms with Gasteiger partial charge in [0.1, 0.15) is 11.9 Å². The molecule has 1 amide bonds. The molecule has 4 N–H and O–H groups in total. The zero-order chi connectivity index (χ0) is 13.9. The van der Waals surface area contributed by atoms with Gasteiger partial charge in [-0.1, -0.05) is 0 Å². The van der Waals surface area contributed by atoms with Crippen molar-refractivity contribution in [3.63, 3.8) is 0 Å². The van der Waals surface area contributed by atoms with Crippen molar-refractivity contribution in [1.82, 2.24) is 0 Å².